The van der Waals surface area contributed by atoms with E-state index in [1.807, 2.05) is 28.7 Å². The van der Waals surface area contributed by atoms with E-state index in [4.69, 9.17) is 16.7 Å². The molecule has 4 rings (SSSR count). The number of benzene rings is 2. The quantitative estimate of drug-likeness (QED) is 0.227. The van der Waals surface area contributed by atoms with E-state index in [0.29, 0.717) is 0 Å². The molecule has 0 aliphatic rings. The Balaban J connectivity index is 0.000000226. The molecule has 0 unspecified atom stereocenters. The molecule has 11 nitrogen and oxygen atoms in total. The van der Waals surface area contributed by atoms with Crippen molar-refractivity contribution >= 4 is 57.2 Å². The van der Waals surface area contributed by atoms with Crippen LogP contribution in [0.3, 0.4) is 0 Å². The molecule has 0 fully saturated rings. The molecule has 2 aromatic carbocycles. The summed E-state index contributed by atoms with van der Waals surface area (Å²) in [7, 11) is 2.98. The van der Waals surface area contributed by atoms with Gasteiger partial charge in [0, 0.05) is 42.2 Å². The van der Waals surface area contributed by atoms with Crippen molar-refractivity contribution in [1.82, 2.24) is 9.13 Å². The third kappa shape index (κ3) is 7.54. The molecule has 2 aromatic heterocycles. The lowest BCUT2D eigenvalue weighted by Crippen LogP contribution is -2.22. The van der Waals surface area contributed by atoms with E-state index in [0.717, 1.165) is 15.7 Å². The molecule has 2 heterocycles. The number of nitrogens with zero attached hydrogens (tertiary/aromatic N) is 3. The first kappa shape index (κ1) is 30.5. The summed E-state index contributed by atoms with van der Waals surface area (Å²) in [6.07, 6.45) is 2.59. The van der Waals surface area contributed by atoms with Gasteiger partial charge in [0.1, 0.15) is 11.6 Å². The number of amides is 2. The topological polar surface area (TPSA) is 178 Å². The smallest absolute Gasteiger partial charge is 0.252 e. The van der Waals surface area contributed by atoms with Gasteiger partial charge in [0.05, 0.1) is 45.5 Å². The minimum absolute atomic E-state index is 0.0322. The van der Waals surface area contributed by atoms with E-state index in [9.17, 15) is 28.0 Å². The van der Waals surface area contributed by atoms with Crippen LogP contribution in [0.5, 0.6) is 0 Å². The van der Waals surface area contributed by atoms with E-state index in [1.165, 1.54) is 66.0 Å². The van der Waals surface area contributed by atoms with Crippen LogP contribution in [-0.4, -0.2) is 20.9 Å². The highest BCUT2D eigenvalue weighted by molar-refractivity contribution is 14.1. The van der Waals surface area contributed by atoms with Crippen LogP contribution in [0.15, 0.2) is 70.5 Å². The number of carbonyl (C=O) groups excluding carboxylic acids is 2. The number of anilines is 4. The van der Waals surface area contributed by atoms with Crippen LogP contribution in [0.1, 0.15) is 26.3 Å². The molecule has 14 heteroatoms. The van der Waals surface area contributed by atoms with Crippen LogP contribution < -0.4 is 33.2 Å². The summed E-state index contributed by atoms with van der Waals surface area (Å²) in [4.78, 5) is 46.0. The number of nitriles is 1. The van der Waals surface area contributed by atoms with Crippen molar-refractivity contribution in [2.24, 2.45) is 25.6 Å². The van der Waals surface area contributed by atoms with Gasteiger partial charge < -0.3 is 31.2 Å². The molecule has 6 N–H and O–H groups in total. The predicted molar refractivity (Wildman–Crippen MR) is 157 cm³/mol. The van der Waals surface area contributed by atoms with E-state index in [1.54, 1.807) is 6.07 Å². The summed E-state index contributed by atoms with van der Waals surface area (Å²) in [6.45, 7) is 0. The minimum atomic E-state index is -0.748. The number of hydrogen-bond acceptors (Lipinski definition) is 7. The first-order chi connectivity index (χ1) is 19.3. The number of carbonyl (C=O) groups is 2. The maximum atomic E-state index is 13.8. The van der Waals surface area contributed by atoms with Gasteiger partial charge in [0.15, 0.2) is 0 Å². The van der Waals surface area contributed by atoms with Crippen molar-refractivity contribution in [2.75, 3.05) is 10.6 Å². The predicted octanol–water partition coefficient (Wildman–Crippen LogP) is 3.21. The number of hydrogen-bond donors (Lipinski definition) is 4. The standard InChI is InChI=1S/C14H11FN4O2.C13H11FIN3O2/c1-19-7-9(14(17)21)12(5-13(19)20)18-11-3-2-8(6-16)4-10(11)15;1-18-6-8(13(16)20)11(5-12(18)19)17-10-3-2-7(15)4-9(10)14/h2-5,7,18H,1H3,(H2,17,21);2-6,17H,1H3,(H2,16,20). The van der Waals surface area contributed by atoms with Crippen LogP contribution in [0.2, 0.25) is 0 Å². The number of primary amides is 2. The van der Waals surface area contributed by atoms with Gasteiger partial charge in [0.2, 0.25) is 0 Å². The van der Waals surface area contributed by atoms with Crippen molar-refractivity contribution in [3.05, 3.63) is 114 Å². The van der Waals surface area contributed by atoms with Crippen LogP contribution in [0.25, 0.3) is 0 Å². The van der Waals surface area contributed by atoms with Gasteiger partial charge in [-0.2, -0.15) is 5.26 Å². The largest absolute Gasteiger partial charge is 0.365 e. The summed E-state index contributed by atoms with van der Waals surface area (Å²) in [6, 6.07) is 12.5. The van der Waals surface area contributed by atoms with Crippen molar-refractivity contribution in [1.29, 1.82) is 5.26 Å². The van der Waals surface area contributed by atoms with Crippen molar-refractivity contribution < 1.29 is 18.4 Å². The van der Waals surface area contributed by atoms with Gasteiger partial charge in [-0.3, -0.25) is 19.2 Å². The lowest BCUT2D eigenvalue weighted by atomic mass is 10.1. The molecule has 0 saturated carbocycles. The molecule has 2 amide bonds. The molecule has 41 heavy (non-hydrogen) atoms. The number of aryl methyl sites for hydroxylation is 2. The lowest BCUT2D eigenvalue weighted by Gasteiger charge is -2.12. The first-order valence-corrected chi connectivity index (χ1v) is 12.6. The second kappa shape index (κ2) is 12.9. The highest BCUT2D eigenvalue weighted by Gasteiger charge is 2.14. The SMILES string of the molecule is Cn1cc(C(N)=O)c(Nc2ccc(C#N)cc2F)cc1=O.Cn1cc(C(N)=O)c(Nc2ccc(I)cc2F)cc1=O. The van der Waals surface area contributed by atoms with E-state index >= 15 is 0 Å². The molecule has 0 spiro atoms. The van der Waals surface area contributed by atoms with Crippen LogP contribution >= 0.6 is 22.6 Å². The fraction of sp³-hybridized carbons (Fsp3) is 0.0741. The Kier molecular flexibility index (Phi) is 9.58. The summed E-state index contributed by atoms with van der Waals surface area (Å²) in [5.41, 5.74) is 10.6. The van der Waals surface area contributed by atoms with E-state index in [-0.39, 0.29) is 50.6 Å². The van der Waals surface area contributed by atoms with Crippen LogP contribution in [-0.2, 0) is 14.1 Å². The summed E-state index contributed by atoms with van der Waals surface area (Å²) in [5, 5.41) is 14.1. The Morgan fingerprint density at radius 1 is 0.780 bits per heavy atom. The number of rotatable bonds is 6. The second-order valence-electron chi connectivity index (χ2n) is 8.51. The van der Waals surface area contributed by atoms with Crippen molar-refractivity contribution in [3.63, 3.8) is 0 Å². The first-order valence-electron chi connectivity index (χ1n) is 11.5. The van der Waals surface area contributed by atoms with Crippen molar-refractivity contribution in [2.45, 2.75) is 0 Å². The summed E-state index contributed by atoms with van der Waals surface area (Å²) in [5.74, 6) is -2.60. The van der Waals surface area contributed by atoms with E-state index in [2.05, 4.69) is 10.6 Å². The van der Waals surface area contributed by atoms with Gasteiger partial charge in [-0.15, -0.1) is 0 Å². The number of aromatic nitrogens is 2. The number of nitrogens with two attached hydrogens (primary N) is 2. The molecule has 0 aliphatic carbocycles. The highest BCUT2D eigenvalue weighted by Crippen LogP contribution is 2.24. The second-order valence-corrected chi connectivity index (χ2v) is 9.75. The molecule has 0 bridgehead atoms. The number of halogens is 3. The maximum absolute atomic E-state index is 13.8. The number of pyridine rings is 2. The van der Waals surface area contributed by atoms with Gasteiger partial charge in [-0.1, -0.05) is 0 Å². The average molecular weight is 673 g/mol. The van der Waals surface area contributed by atoms with Gasteiger partial charge in [-0.25, -0.2) is 8.78 Å². The highest BCUT2D eigenvalue weighted by atomic mass is 127. The molecule has 0 radical (unpaired) electrons. The molecule has 0 atom stereocenters. The van der Waals surface area contributed by atoms with Crippen LogP contribution in [0, 0.1) is 26.5 Å². The Hall–Kier alpha value is -5.04. The molecule has 0 saturated heterocycles. The lowest BCUT2D eigenvalue weighted by molar-refractivity contribution is 0.0992. The molecular weight excluding hydrogens is 651 g/mol. The maximum Gasteiger partial charge on any atom is 0.252 e. The third-order valence-electron chi connectivity index (χ3n) is 5.56. The van der Waals surface area contributed by atoms with Gasteiger partial charge in [-0.05, 0) is 59.0 Å². The van der Waals surface area contributed by atoms with Gasteiger partial charge in [0.25, 0.3) is 22.9 Å². The average Bonchev–Trinajstić information content (AvgIpc) is 2.90. The Morgan fingerprint density at radius 2 is 1.22 bits per heavy atom. The van der Waals surface area contributed by atoms with Gasteiger partial charge >= 0.3 is 0 Å². The zero-order chi connectivity index (χ0) is 30.4. The monoisotopic (exact) mass is 673 g/mol. The fourth-order valence-corrected chi connectivity index (χ4v) is 3.88. The zero-order valence-electron chi connectivity index (χ0n) is 21.5. The molecule has 4 aromatic rings. The number of nitrogens with one attached hydrogen (secondary N) is 2. The Labute approximate surface area is 245 Å². The summed E-state index contributed by atoms with van der Waals surface area (Å²) >= 11 is 1.98. The Morgan fingerprint density at radius 3 is 1.61 bits per heavy atom. The molecule has 0 aliphatic heterocycles. The van der Waals surface area contributed by atoms with Crippen molar-refractivity contribution in [3.8, 4) is 6.07 Å². The molecule has 210 valence electrons. The third-order valence-corrected chi connectivity index (χ3v) is 6.23. The molecular formula is C27H22F2IN7O4. The Bertz CT molecular complexity index is 1830. The van der Waals surface area contributed by atoms with Crippen LogP contribution in [0.4, 0.5) is 31.5 Å². The summed E-state index contributed by atoms with van der Waals surface area (Å²) < 4.78 is 30.8. The fourth-order valence-electron chi connectivity index (χ4n) is 3.43. The minimum Gasteiger partial charge on any atom is -0.365 e. The zero-order valence-corrected chi connectivity index (χ0v) is 23.7. The normalized spacial score (nSPS) is 10.1. The van der Waals surface area contributed by atoms with E-state index < -0.39 is 23.4 Å².